The van der Waals surface area contributed by atoms with Crippen molar-refractivity contribution in [2.75, 3.05) is 7.05 Å². The Hall–Kier alpha value is -0.950. The minimum absolute atomic E-state index is 0.0914. The molecule has 0 spiro atoms. The summed E-state index contributed by atoms with van der Waals surface area (Å²) in [5.41, 5.74) is 0.812. The van der Waals surface area contributed by atoms with E-state index < -0.39 is 10.0 Å². The van der Waals surface area contributed by atoms with Crippen LogP contribution in [0.25, 0.3) is 0 Å². The van der Waals surface area contributed by atoms with Crippen molar-refractivity contribution in [3.8, 4) is 0 Å². The molecule has 7 heteroatoms. The number of pyridine rings is 1. The zero-order valence-corrected chi connectivity index (χ0v) is 13.8. The highest BCUT2D eigenvalue weighted by atomic mass is 79.9. The Morgan fingerprint density at radius 2 is 2.10 bits per heavy atom. The van der Waals surface area contributed by atoms with Crippen LogP contribution in [-0.4, -0.2) is 24.8 Å². The van der Waals surface area contributed by atoms with Gasteiger partial charge in [0.2, 0.25) is 10.0 Å². The maximum Gasteiger partial charge on any atom is 0.244 e. The van der Waals surface area contributed by atoms with Gasteiger partial charge in [-0.2, -0.15) is 4.31 Å². The Morgan fingerprint density at radius 1 is 1.35 bits per heavy atom. The average molecular weight is 376 g/mol. The van der Waals surface area contributed by atoms with Crippen LogP contribution in [-0.2, 0) is 16.6 Å². The van der Waals surface area contributed by atoms with Crippen molar-refractivity contribution < 1.29 is 8.42 Å². The summed E-state index contributed by atoms with van der Waals surface area (Å²) >= 11 is 9.27. The second-order valence-corrected chi connectivity index (χ2v) is 7.53. The number of sulfonamides is 1. The molecule has 0 amide bonds. The van der Waals surface area contributed by atoms with Gasteiger partial charge in [0.05, 0.1) is 5.02 Å². The molecular formula is C13H12BrClN2O2S. The van der Waals surface area contributed by atoms with Crippen LogP contribution >= 0.6 is 27.5 Å². The summed E-state index contributed by atoms with van der Waals surface area (Å²) in [5, 5.41) is 0.192. The zero-order chi connectivity index (χ0) is 14.8. The van der Waals surface area contributed by atoms with Gasteiger partial charge in [-0.1, -0.05) is 33.6 Å². The van der Waals surface area contributed by atoms with Gasteiger partial charge < -0.3 is 0 Å². The molecular weight excluding hydrogens is 364 g/mol. The Labute approximate surface area is 131 Å². The molecule has 0 saturated heterocycles. The number of benzene rings is 1. The molecule has 0 bridgehead atoms. The molecule has 4 nitrogen and oxygen atoms in total. The van der Waals surface area contributed by atoms with Gasteiger partial charge in [-0.3, -0.25) is 4.98 Å². The molecule has 2 aromatic rings. The van der Waals surface area contributed by atoms with Gasteiger partial charge in [0, 0.05) is 30.5 Å². The molecule has 0 fully saturated rings. The van der Waals surface area contributed by atoms with Gasteiger partial charge in [-0.05, 0) is 29.8 Å². The lowest BCUT2D eigenvalue weighted by atomic mass is 10.3. The SMILES string of the molecule is CN(Cc1cccnc1)S(=O)(=O)c1ccc(Br)cc1Cl. The summed E-state index contributed by atoms with van der Waals surface area (Å²) in [7, 11) is -2.12. The summed E-state index contributed by atoms with van der Waals surface area (Å²) < 4.78 is 26.9. The zero-order valence-electron chi connectivity index (χ0n) is 10.6. The van der Waals surface area contributed by atoms with E-state index >= 15 is 0 Å². The minimum atomic E-state index is -3.63. The smallest absolute Gasteiger partial charge is 0.244 e. The standard InChI is InChI=1S/C13H12BrClN2O2S/c1-17(9-10-3-2-6-16-8-10)20(18,19)13-5-4-11(14)7-12(13)15/h2-8H,9H2,1H3. The largest absolute Gasteiger partial charge is 0.264 e. The van der Waals surface area contributed by atoms with E-state index in [1.165, 1.54) is 17.4 Å². The molecule has 1 aromatic carbocycles. The topological polar surface area (TPSA) is 50.3 Å². The first-order valence-electron chi connectivity index (χ1n) is 5.71. The van der Waals surface area contributed by atoms with Crippen molar-refractivity contribution in [3.63, 3.8) is 0 Å². The quantitative estimate of drug-likeness (QED) is 0.823. The van der Waals surface area contributed by atoms with E-state index in [1.807, 2.05) is 6.07 Å². The third-order valence-electron chi connectivity index (χ3n) is 2.71. The van der Waals surface area contributed by atoms with Crippen molar-refractivity contribution in [1.29, 1.82) is 0 Å². The molecule has 2 rings (SSSR count). The molecule has 20 heavy (non-hydrogen) atoms. The van der Waals surface area contributed by atoms with Crippen LogP contribution in [0.3, 0.4) is 0 Å². The van der Waals surface area contributed by atoms with Crippen LogP contribution < -0.4 is 0 Å². The fraction of sp³-hybridized carbons (Fsp3) is 0.154. The third-order valence-corrected chi connectivity index (χ3v) is 5.49. The molecule has 0 aliphatic heterocycles. The molecule has 1 heterocycles. The van der Waals surface area contributed by atoms with Crippen molar-refractivity contribution in [2.24, 2.45) is 0 Å². The number of aromatic nitrogens is 1. The Kier molecular flexibility index (Phi) is 4.80. The van der Waals surface area contributed by atoms with Crippen LogP contribution in [0, 0.1) is 0 Å². The van der Waals surface area contributed by atoms with Gasteiger partial charge in [0.1, 0.15) is 4.90 Å². The molecule has 0 atom stereocenters. The van der Waals surface area contributed by atoms with Crippen molar-refractivity contribution in [2.45, 2.75) is 11.4 Å². The van der Waals surface area contributed by atoms with Gasteiger partial charge in [0.15, 0.2) is 0 Å². The second-order valence-electron chi connectivity index (χ2n) is 4.20. The molecule has 0 aliphatic carbocycles. The van der Waals surface area contributed by atoms with Crippen LogP contribution in [0.4, 0.5) is 0 Å². The Morgan fingerprint density at radius 3 is 2.70 bits per heavy atom. The van der Waals surface area contributed by atoms with Crippen molar-refractivity contribution >= 4 is 37.6 Å². The maximum absolute atomic E-state index is 12.5. The number of rotatable bonds is 4. The second kappa shape index (κ2) is 6.22. The van der Waals surface area contributed by atoms with E-state index in [2.05, 4.69) is 20.9 Å². The highest BCUT2D eigenvalue weighted by molar-refractivity contribution is 9.10. The van der Waals surface area contributed by atoms with Gasteiger partial charge >= 0.3 is 0 Å². The van der Waals surface area contributed by atoms with Crippen molar-refractivity contribution in [1.82, 2.24) is 9.29 Å². The monoisotopic (exact) mass is 374 g/mol. The van der Waals surface area contributed by atoms with Crippen molar-refractivity contribution in [3.05, 3.63) is 57.8 Å². The molecule has 0 saturated carbocycles. The first-order chi connectivity index (χ1) is 9.41. The highest BCUT2D eigenvalue weighted by Gasteiger charge is 2.23. The fourth-order valence-corrected chi connectivity index (χ4v) is 3.85. The summed E-state index contributed by atoms with van der Waals surface area (Å²) in [6, 6.07) is 8.29. The van der Waals surface area contributed by atoms with Gasteiger partial charge in [-0.15, -0.1) is 0 Å². The molecule has 0 N–H and O–H groups in total. The van der Waals surface area contributed by atoms with E-state index in [4.69, 9.17) is 11.6 Å². The molecule has 0 radical (unpaired) electrons. The van der Waals surface area contributed by atoms with Crippen LogP contribution in [0.1, 0.15) is 5.56 Å². The average Bonchev–Trinajstić information content (AvgIpc) is 2.39. The maximum atomic E-state index is 12.5. The molecule has 1 aromatic heterocycles. The predicted octanol–water partition coefficient (Wildman–Crippen LogP) is 3.32. The predicted molar refractivity (Wildman–Crippen MR) is 82.0 cm³/mol. The lowest BCUT2D eigenvalue weighted by molar-refractivity contribution is 0.466. The molecule has 106 valence electrons. The third kappa shape index (κ3) is 3.38. The van der Waals surface area contributed by atoms with Gasteiger partial charge in [0.25, 0.3) is 0 Å². The highest BCUT2D eigenvalue weighted by Crippen LogP contribution is 2.27. The number of hydrogen-bond acceptors (Lipinski definition) is 3. The lowest BCUT2D eigenvalue weighted by Crippen LogP contribution is -2.26. The summed E-state index contributed by atoms with van der Waals surface area (Å²) in [4.78, 5) is 4.06. The first-order valence-corrected chi connectivity index (χ1v) is 8.32. The van der Waals surface area contributed by atoms with Crippen LogP contribution in [0.2, 0.25) is 5.02 Å². The minimum Gasteiger partial charge on any atom is -0.264 e. The Balaban J connectivity index is 2.30. The van der Waals surface area contributed by atoms with Crippen LogP contribution in [0.15, 0.2) is 52.1 Å². The van der Waals surface area contributed by atoms with E-state index in [9.17, 15) is 8.42 Å². The number of nitrogens with zero attached hydrogens (tertiary/aromatic N) is 2. The lowest BCUT2D eigenvalue weighted by Gasteiger charge is -2.18. The van der Waals surface area contributed by atoms with Gasteiger partial charge in [-0.25, -0.2) is 8.42 Å². The van der Waals surface area contributed by atoms with E-state index in [-0.39, 0.29) is 16.5 Å². The molecule has 0 unspecified atom stereocenters. The summed E-state index contributed by atoms with van der Waals surface area (Å²) in [6.07, 6.45) is 3.28. The number of halogens is 2. The summed E-state index contributed by atoms with van der Waals surface area (Å²) in [6.45, 7) is 0.239. The van der Waals surface area contributed by atoms with E-state index in [0.717, 1.165) is 10.0 Å². The van der Waals surface area contributed by atoms with E-state index in [1.54, 1.807) is 30.6 Å². The first kappa shape index (κ1) is 15.4. The van der Waals surface area contributed by atoms with Crippen LogP contribution in [0.5, 0.6) is 0 Å². The number of hydrogen-bond donors (Lipinski definition) is 0. The molecule has 0 aliphatic rings. The van der Waals surface area contributed by atoms with E-state index in [0.29, 0.717) is 0 Å². The normalized spacial score (nSPS) is 11.8. The fourth-order valence-electron chi connectivity index (χ4n) is 1.69. The Bertz CT molecular complexity index is 708. The summed E-state index contributed by atoms with van der Waals surface area (Å²) in [5.74, 6) is 0.